The second kappa shape index (κ2) is 6.64. The minimum absolute atomic E-state index is 0.0217. The van der Waals surface area contributed by atoms with Crippen LogP contribution in [-0.2, 0) is 0 Å². The highest BCUT2D eigenvalue weighted by molar-refractivity contribution is 6.32. The molecule has 1 aromatic heterocycles. The molecule has 2 rings (SSSR count). The summed E-state index contributed by atoms with van der Waals surface area (Å²) in [5.41, 5.74) is 1.95. The van der Waals surface area contributed by atoms with Gasteiger partial charge in [0.05, 0.1) is 16.7 Å². The number of amides is 1. The fourth-order valence-corrected chi connectivity index (χ4v) is 1.78. The summed E-state index contributed by atoms with van der Waals surface area (Å²) in [6, 6.07) is 6.95. The first-order valence-corrected chi connectivity index (χ1v) is 6.29. The van der Waals surface area contributed by atoms with E-state index >= 15 is 0 Å². The van der Waals surface area contributed by atoms with Gasteiger partial charge in [-0.3, -0.25) is 14.9 Å². The molecule has 8 nitrogen and oxygen atoms in total. The Morgan fingerprint density at radius 1 is 1.41 bits per heavy atom. The summed E-state index contributed by atoms with van der Waals surface area (Å²) in [5.74, 6) is -1.14. The number of para-hydroxylation sites is 1. The average molecular weight is 321 g/mol. The van der Waals surface area contributed by atoms with Crippen molar-refractivity contribution < 1.29 is 14.8 Å². The molecule has 1 amide bonds. The van der Waals surface area contributed by atoms with Crippen LogP contribution in [0.1, 0.15) is 15.9 Å². The summed E-state index contributed by atoms with van der Waals surface area (Å²) in [5, 5.41) is 24.0. The molecule has 2 aromatic rings. The van der Waals surface area contributed by atoms with Crippen LogP contribution in [0.3, 0.4) is 0 Å². The molecule has 0 saturated heterocycles. The molecular formula is C13H9ClN4O4. The molecular weight excluding hydrogens is 312 g/mol. The largest absolute Gasteiger partial charge is 0.502 e. The summed E-state index contributed by atoms with van der Waals surface area (Å²) >= 11 is 5.76. The molecule has 0 atom stereocenters. The topological polar surface area (TPSA) is 118 Å². The van der Waals surface area contributed by atoms with Crippen LogP contribution in [0.2, 0.25) is 5.15 Å². The number of benzene rings is 1. The van der Waals surface area contributed by atoms with Gasteiger partial charge in [-0.1, -0.05) is 17.7 Å². The number of hydrogen-bond donors (Lipinski definition) is 2. The molecule has 9 heteroatoms. The molecule has 0 radical (unpaired) electrons. The van der Waals surface area contributed by atoms with Crippen LogP contribution in [-0.4, -0.2) is 27.1 Å². The van der Waals surface area contributed by atoms with Gasteiger partial charge in [-0.05, 0) is 18.2 Å². The lowest BCUT2D eigenvalue weighted by molar-refractivity contribution is -0.385. The van der Waals surface area contributed by atoms with E-state index in [4.69, 9.17) is 11.6 Å². The fraction of sp³-hybridized carbons (Fsp3) is 0. The number of rotatable bonds is 4. The van der Waals surface area contributed by atoms with Gasteiger partial charge in [-0.25, -0.2) is 10.4 Å². The molecule has 1 heterocycles. The predicted octanol–water partition coefficient (Wildman–Crippen LogP) is 2.11. The second-order valence-corrected chi connectivity index (χ2v) is 4.37. The average Bonchev–Trinajstić information content (AvgIpc) is 2.49. The molecule has 0 aliphatic heterocycles. The third-order valence-corrected chi connectivity index (χ3v) is 2.92. The summed E-state index contributed by atoms with van der Waals surface area (Å²) in [6.45, 7) is 0. The lowest BCUT2D eigenvalue weighted by Gasteiger charge is -2.02. The van der Waals surface area contributed by atoms with Gasteiger partial charge in [-0.2, -0.15) is 5.10 Å². The Kier molecular flexibility index (Phi) is 4.64. The molecule has 0 unspecified atom stereocenters. The number of halogens is 1. The van der Waals surface area contributed by atoms with E-state index in [0.29, 0.717) is 0 Å². The van der Waals surface area contributed by atoms with E-state index in [1.54, 1.807) is 0 Å². The zero-order valence-electron chi connectivity index (χ0n) is 10.9. The number of nitrogens with one attached hydrogen (secondary N) is 1. The van der Waals surface area contributed by atoms with E-state index in [9.17, 15) is 20.0 Å². The SMILES string of the molecule is O=C(NN=Cc1cccc([N+](=O)[O-])c1O)c1cccnc1Cl. The number of carbonyl (C=O) groups is 1. The third kappa shape index (κ3) is 3.36. The standard InChI is InChI=1S/C13H9ClN4O4/c14-12-9(4-2-6-15-12)13(20)17-16-7-8-3-1-5-10(11(8)19)18(21)22/h1-7,19H,(H,17,20). The number of nitro groups is 1. The zero-order chi connectivity index (χ0) is 16.1. The highest BCUT2D eigenvalue weighted by Gasteiger charge is 2.15. The van der Waals surface area contributed by atoms with Crippen molar-refractivity contribution in [3.05, 3.63) is 62.9 Å². The number of hydrazone groups is 1. The first-order chi connectivity index (χ1) is 10.5. The Bertz CT molecular complexity index is 763. The summed E-state index contributed by atoms with van der Waals surface area (Å²) in [6.07, 6.45) is 2.52. The number of aromatic nitrogens is 1. The number of phenolic OH excluding ortho intramolecular Hbond substituents is 1. The quantitative estimate of drug-likeness (QED) is 0.387. The maximum Gasteiger partial charge on any atom is 0.311 e. The summed E-state index contributed by atoms with van der Waals surface area (Å²) in [4.78, 5) is 25.5. The molecule has 112 valence electrons. The van der Waals surface area contributed by atoms with Crippen molar-refractivity contribution in [2.75, 3.05) is 0 Å². The zero-order valence-corrected chi connectivity index (χ0v) is 11.7. The van der Waals surface area contributed by atoms with Crippen molar-refractivity contribution in [2.45, 2.75) is 0 Å². The van der Waals surface area contributed by atoms with Crippen LogP contribution in [0.25, 0.3) is 0 Å². The van der Waals surface area contributed by atoms with Crippen molar-refractivity contribution in [2.24, 2.45) is 5.10 Å². The van der Waals surface area contributed by atoms with Gasteiger partial charge in [0, 0.05) is 17.8 Å². The van der Waals surface area contributed by atoms with E-state index in [-0.39, 0.29) is 16.3 Å². The van der Waals surface area contributed by atoms with Crippen LogP contribution in [0.15, 0.2) is 41.6 Å². The van der Waals surface area contributed by atoms with Gasteiger partial charge in [0.1, 0.15) is 5.15 Å². The summed E-state index contributed by atoms with van der Waals surface area (Å²) in [7, 11) is 0. The number of nitro benzene ring substituents is 1. The van der Waals surface area contributed by atoms with E-state index in [2.05, 4.69) is 15.5 Å². The van der Waals surface area contributed by atoms with Gasteiger partial charge in [-0.15, -0.1) is 0 Å². The smallest absolute Gasteiger partial charge is 0.311 e. The Morgan fingerprint density at radius 2 is 2.18 bits per heavy atom. The molecule has 0 bridgehead atoms. The molecule has 0 spiro atoms. The van der Waals surface area contributed by atoms with Crippen LogP contribution >= 0.6 is 11.6 Å². The van der Waals surface area contributed by atoms with E-state index in [1.165, 1.54) is 30.5 Å². The van der Waals surface area contributed by atoms with Crippen LogP contribution in [0.4, 0.5) is 5.69 Å². The van der Waals surface area contributed by atoms with Crippen molar-refractivity contribution >= 4 is 29.4 Å². The molecule has 0 aliphatic carbocycles. The Labute approximate surface area is 129 Å². The maximum atomic E-state index is 11.8. The molecule has 2 N–H and O–H groups in total. The first-order valence-electron chi connectivity index (χ1n) is 5.91. The highest BCUT2D eigenvalue weighted by Crippen LogP contribution is 2.27. The normalized spacial score (nSPS) is 10.6. The van der Waals surface area contributed by atoms with E-state index in [1.807, 2.05) is 0 Å². The molecule has 1 aromatic carbocycles. The minimum atomic E-state index is -0.722. The lowest BCUT2D eigenvalue weighted by atomic mass is 10.2. The number of nitrogens with zero attached hydrogens (tertiary/aromatic N) is 3. The Morgan fingerprint density at radius 3 is 2.86 bits per heavy atom. The molecule has 22 heavy (non-hydrogen) atoms. The van der Waals surface area contributed by atoms with Crippen LogP contribution < -0.4 is 5.43 Å². The van der Waals surface area contributed by atoms with E-state index in [0.717, 1.165) is 12.3 Å². The second-order valence-electron chi connectivity index (χ2n) is 4.01. The third-order valence-electron chi connectivity index (χ3n) is 2.62. The van der Waals surface area contributed by atoms with Crippen molar-refractivity contribution in [3.8, 4) is 5.75 Å². The van der Waals surface area contributed by atoms with Crippen LogP contribution in [0, 0.1) is 10.1 Å². The van der Waals surface area contributed by atoms with Crippen molar-refractivity contribution in [3.63, 3.8) is 0 Å². The number of hydrogen-bond acceptors (Lipinski definition) is 6. The highest BCUT2D eigenvalue weighted by atomic mass is 35.5. The predicted molar refractivity (Wildman–Crippen MR) is 79.1 cm³/mol. The number of pyridine rings is 1. The lowest BCUT2D eigenvalue weighted by Crippen LogP contribution is -2.18. The first kappa shape index (κ1) is 15.4. The maximum absolute atomic E-state index is 11.8. The molecule has 0 fully saturated rings. The number of phenols is 1. The Balaban J connectivity index is 2.14. The minimum Gasteiger partial charge on any atom is -0.502 e. The van der Waals surface area contributed by atoms with Crippen molar-refractivity contribution in [1.29, 1.82) is 0 Å². The van der Waals surface area contributed by atoms with E-state index < -0.39 is 22.3 Å². The van der Waals surface area contributed by atoms with Gasteiger partial charge in [0.15, 0.2) is 0 Å². The van der Waals surface area contributed by atoms with Gasteiger partial charge in [0.25, 0.3) is 5.91 Å². The monoisotopic (exact) mass is 320 g/mol. The van der Waals surface area contributed by atoms with Gasteiger partial charge in [0.2, 0.25) is 5.75 Å². The summed E-state index contributed by atoms with van der Waals surface area (Å²) < 4.78 is 0. The fourth-order valence-electron chi connectivity index (χ4n) is 1.58. The number of aromatic hydroxyl groups is 1. The Hall–Kier alpha value is -3.00. The van der Waals surface area contributed by atoms with Crippen LogP contribution in [0.5, 0.6) is 5.75 Å². The molecule has 0 aliphatic rings. The number of carbonyl (C=O) groups excluding carboxylic acids is 1. The van der Waals surface area contributed by atoms with Gasteiger partial charge < -0.3 is 5.11 Å². The van der Waals surface area contributed by atoms with Gasteiger partial charge >= 0.3 is 5.69 Å². The molecule has 0 saturated carbocycles. The van der Waals surface area contributed by atoms with Crippen molar-refractivity contribution in [1.82, 2.24) is 10.4 Å².